The second-order valence-electron chi connectivity index (χ2n) is 5.11. The van der Waals surface area contributed by atoms with Gasteiger partial charge in [-0.25, -0.2) is 4.79 Å². The standard InChI is InChI=1S/C15H18F3NO3/c1-3-12(14(21)22)19-13(20)9(2)7-10-5-4-6-11(8-10)15(16,17)18/h4-6,8-9,12H,3,7H2,1-2H3,(H,19,20)(H,21,22). The molecule has 0 aliphatic heterocycles. The number of alkyl halides is 3. The van der Waals surface area contributed by atoms with Gasteiger partial charge < -0.3 is 10.4 Å². The van der Waals surface area contributed by atoms with Gasteiger partial charge in [-0.05, 0) is 24.5 Å². The van der Waals surface area contributed by atoms with Gasteiger partial charge in [0.2, 0.25) is 5.91 Å². The van der Waals surface area contributed by atoms with Gasteiger partial charge >= 0.3 is 12.1 Å². The quantitative estimate of drug-likeness (QED) is 0.848. The van der Waals surface area contributed by atoms with Crippen molar-refractivity contribution in [2.45, 2.75) is 38.9 Å². The lowest BCUT2D eigenvalue weighted by Crippen LogP contribution is -2.43. The topological polar surface area (TPSA) is 66.4 Å². The zero-order chi connectivity index (χ0) is 16.9. The van der Waals surface area contributed by atoms with Crippen molar-refractivity contribution in [1.29, 1.82) is 0 Å². The molecule has 0 bridgehead atoms. The van der Waals surface area contributed by atoms with E-state index in [9.17, 15) is 22.8 Å². The van der Waals surface area contributed by atoms with Crippen LogP contribution in [0.5, 0.6) is 0 Å². The van der Waals surface area contributed by atoms with Crippen LogP contribution in [-0.2, 0) is 22.2 Å². The molecular formula is C15H18F3NO3. The molecule has 0 aliphatic rings. The molecule has 0 heterocycles. The molecule has 0 radical (unpaired) electrons. The number of carboxylic acids is 1. The van der Waals surface area contributed by atoms with Gasteiger partial charge in [0.25, 0.3) is 0 Å². The first kappa shape index (κ1) is 18.0. The van der Waals surface area contributed by atoms with Crippen LogP contribution in [0.15, 0.2) is 24.3 Å². The number of carbonyl (C=O) groups is 2. The Morgan fingerprint density at radius 3 is 2.45 bits per heavy atom. The molecule has 0 aromatic heterocycles. The normalized spacial score (nSPS) is 14.2. The third-order valence-corrected chi connectivity index (χ3v) is 3.27. The average Bonchev–Trinajstić information content (AvgIpc) is 2.43. The van der Waals surface area contributed by atoms with E-state index in [1.165, 1.54) is 12.1 Å². The number of benzene rings is 1. The maximum absolute atomic E-state index is 12.6. The fourth-order valence-corrected chi connectivity index (χ4v) is 1.97. The fourth-order valence-electron chi connectivity index (χ4n) is 1.97. The predicted molar refractivity (Wildman–Crippen MR) is 74.2 cm³/mol. The first-order chi connectivity index (χ1) is 10.1. The Morgan fingerprint density at radius 2 is 1.95 bits per heavy atom. The van der Waals surface area contributed by atoms with Crippen LogP contribution in [0.4, 0.5) is 13.2 Å². The second kappa shape index (κ2) is 7.29. The third kappa shape index (κ3) is 5.05. The average molecular weight is 317 g/mol. The van der Waals surface area contributed by atoms with E-state index in [4.69, 9.17) is 5.11 Å². The summed E-state index contributed by atoms with van der Waals surface area (Å²) in [6, 6.07) is 3.77. The van der Waals surface area contributed by atoms with E-state index in [0.29, 0.717) is 5.56 Å². The van der Waals surface area contributed by atoms with E-state index in [2.05, 4.69) is 5.32 Å². The highest BCUT2D eigenvalue weighted by Crippen LogP contribution is 2.30. The van der Waals surface area contributed by atoms with Crippen molar-refractivity contribution in [2.24, 2.45) is 5.92 Å². The SMILES string of the molecule is CCC(NC(=O)C(C)Cc1cccc(C(F)(F)F)c1)C(=O)O. The van der Waals surface area contributed by atoms with Gasteiger partial charge in [0.15, 0.2) is 0 Å². The number of hydrogen-bond acceptors (Lipinski definition) is 2. The maximum Gasteiger partial charge on any atom is 0.416 e. The molecule has 1 amide bonds. The minimum Gasteiger partial charge on any atom is -0.480 e. The van der Waals surface area contributed by atoms with Crippen molar-refractivity contribution in [3.05, 3.63) is 35.4 Å². The van der Waals surface area contributed by atoms with E-state index in [1.54, 1.807) is 13.8 Å². The molecule has 1 rings (SSSR count). The maximum atomic E-state index is 12.6. The molecular weight excluding hydrogens is 299 g/mol. The number of aliphatic carboxylic acids is 1. The summed E-state index contributed by atoms with van der Waals surface area (Å²) in [4.78, 5) is 22.8. The van der Waals surface area contributed by atoms with Gasteiger partial charge in [-0.2, -0.15) is 13.2 Å². The van der Waals surface area contributed by atoms with E-state index >= 15 is 0 Å². The highest BCUT2D eigenvalue weighted by molar-refractivity contribution is 5.84. The Hall–Kier alpha value is -2.05. The molecule has 2 atom stereocenters. The van der Waals surface area contributed by atoms with Gasteiger partial charge in [0, 0.05) is 5.92 Å². The number of rotatable bonds is 6. The molecule has 122 valence electrons. The van der Waals surface area contributed by atoms with Crippen molar-refractivity contribution in [2.75, 3.05) is 0 Å². The highest BCUT2D eigenvalue weighted by atomic mass is 19.4. The lowest BCUT2D eigenvalue weighted by molar-refractivity contribution is -0.142. The molecule has 0 spiro atoms. The molecule has 2 unspecified atom stereocenters. The van der Waals surface area contributed by atoms with E-state index in [0.717, 1.165) is 12.1 Å². The summed E-state index contributed by atoms with van der Waals surface area (Å²) >= 11 is 0. The smallest absolute Gasteiger partial charge is 0.416 e. The Labute approximate surface area is 126 Å². The Bertz CT molecular complexity index is 543. The van der Waals surface area contributed by atoms with Crippen molar-refractivity contribution < 1.29 is 27.9 Å². The van der Waals surface area contributed by atoms with Crippen LogP contribution in [0.25, 0.3) is 0 Å². The highest BCUT2D eigenvalue weighted by Gasteiger charge is 2.30. The first-order valence-electron chi connectivity index (χ1n) is 6.84. The van der Waals surface area contributed by atoms with Crippen molar-refractivity contribution in [3.63, 3.8) is 0 Å². The number of carbonyl (C=O) groups excluding carboxylic acids is 1. The predicted octanol–water partition coefficient (Wildman–Crippen LogP) is 2.86. The van der Waals surface area contributed by atoms with Crippen LogP contribution in [0, 0.1) is 5.92 Å². The molecule has 1 aromatic rings. The Kier molecular flexibility index (Phi) is 5.96. The van der Waals surface area contributed by atoms with Crippen LogP contribution in [-0.4, -0.2) is 23.0 Å². The summed E-state index contributed by atoms with van der Waals surface area (Å²) < 4.78 is 37.9. The van der Waals surface area contributed by atoms with Crippen LogP contribution >= 0.6 is 0 Å². The van der Waals surface area contributed by atoms with Crippen LogP contribution in [0.3, 0.4) is 0 Å². The molecule has 2 N–H and O–H groups in total. The molecule has 7 heteroatoms. The summed E-state index contributed by atoms with van der Waals surface area (Å²) in [6.07, 6.45) is -4.10. The van der Waals surface area contributed by atoms with Crippen LogP contribution in [0.2, 0.25) is 0 Å². The summed E-state index contributed by atoms with van der Waals surface area (Å²) in [5.74, 6) is -2.26. The number of carboxylic acid groups (broad SMARTS) is 1. The zero-order valence-corrected chi connectivity index (χ0v) is 12.3. The molecule has 0 saturated heterocycles. The van der Waals surface area contributed by atoms with Crippen molar-refractivity contribution in [1.82, 2.24) is 5.32 Å². The summed E-state index contributed by atoms with van der Waals surface area (Å²) in [5.41, 5.74) is -0.393. The van der Waals surface area contributed by atoms with E-state index in [1.807, 2.05) is 0 Å². The number of halogens is 3. The Balaban J connectivity index is 2.74. The minimum absolute atomic E-state index is 0.103. The van der Waals surface area contributed by atoms with E-state index in [-0.39, 0.29) is 12.8 Å². The first-order valence-corrected chi connectivity index (χ1v) is 6.84. The Morgan fingerprint density at radius 1 is 1.32 bits per heavy atom. The van der Waals surface area contributed by atoms with Gasteiger partial charge in [0.05, 0.1) is 5.56 Å². The molecule has 22 heavy (non-hydrogen) atoms. The molecule has 0 saturated carbocycles. The van der Waals surface area contributed by atoms with E-state index < -0.39 is 35.6 Å². The van der Waals surface area contributed by atoms with Crippen molar-refractivity contribution >= 4 is 11.9 Å². The second-order valence-corrected chi connectivity index (χ2v) is 5.11. The lowest BCUT2D eigenvalue weighted by Gasteiger charge is -2.17. The lowest BCUT2D eigenvalue weighted by atomic mass is 9.98. The van der Waals surface area contributed by atoms with Crippen molar-refractivity contribution in [3.8, 4) is 0 Å². The number of nitrogens with one attached hydrogen (secondary N) is 1. The number of hydrogen-bond donors (Lipinski definition) is 2. The summed E-state index contributed by atoms with van der Waals surface area (Å²) in [6.45, 7) is 3.17. The van der Waals surface area contributed by atoms with Gasteiger partial charge in [-0.3, -0.25) is 4.79 Å². The third-order valence-electron chi connectivity index (χ3n) is 3.27. The van der Waals surface area contributed by atoms with Gasteiger partial charge in [-0.15, -0.1) is 0 Å². The molecule has 1 aromatic carbocycles. The molecule has 4 nitrogen and oxygen atoms in total. The minimum atomic E-state index is -4.43. The largest absolute Gasteiger partial charge is 0.480 e. The summed E-state index contributed by atoms with van der Waals surface area (Å²) in [7, 11) is 0. The molecule has 0 fully saturated rings. The number of amides is 1. The monoisotopic (exact) mass is 317 g/mol. The molecule has 0 aliphatic carbocycles. The summed E-state index contributed by atoms with van der Waals surface area (Å²) in [5, 5.41) is 11.3. The van der Waals surface area contributed by atoms with Crippen LogP contribution in [0.1, 0.15) is 31.4 Å². The zero-order valence-electron chi connectivity index (χ0n) is 12.3. The van der Waals surface area contributed by atoms with Gasteiger partial charge in [-0.1, -0.05) is 32.0 Å². The van der Waals surface area contributed by atoms with Gasteiger partial charge in [0.1, 0.15) is 6.04 Å². The van der Waals surface area contributed by atoms with Crippen LogP contribution < -0.4 is 5.32 Å². The fraction of sp³-hybridized carbons (Fsp3) is 0.467.